The molecule has 0 bridgehead atoms. The van der Waals surface area contributed by atoms with Gasteiger partial charge in [-0.15, -0.1) is 45.3 Å². The third-order valence-corrected chi connectivity index (χ3v) is 17.3. The summed E-state index contributed by atoms with van der Waals surface area (Å²) >= 11 is 7.00. The molecule has 10 rings (SSSR count). The molecule has 0 aliphatic heterocycles. The van der Waals surface area contributed by atoms with Gasteiger partial charge >= 0.3 is 0 Å². The summed E-state index contributed by atoms with van der Waals surface area (Å²) in [5.41, 5.74) is 15.7. The number of thiophene rings is 4. The van der Waals surface area contributed by atoms with Crippen molar-refractivity contribution in [2.24, 2.45) is 0 Å². The van der Waals surface area contributed by atoms with Gasteiger partial charge in [-0.2, -0.15) is 0 Å². The zero-order chi connectivity index (χ0) is 50.2. The Labute approximate surface area is 439 Å². The molecule has 0 amide bonds. The Morgan fingerprint density at radius 3 is 0.708 bits per heavy atom. The van der Waals surface area contributed by atoms with Crippen LogP contribution in [0.5, 0.6) is 23.0 Å². The van der Waals surface area contributed by atoms with Gasteiger partial charge in [-0.25, -0.2) is 0 Å². The lowest BCUT2D eigenvalue weighted by atomic mass is 9.95. The Morgan fingerprint density at radius 1 is 0.278 bits per heavy atom. The van der Waals surface area contributed by atoms with Gasteiger partial charge in [0.25, 0.3) is 0 Å². The molecule has 6 nitrogen and oxygen atoms in total. The molecular weight excluding hydrogens is 965 g/mol. The number of anilines is 6. The van der Waals surface area contributed by atoms with Crippen LogP contribution in [0.2, 0.25) is 0 Å². The van der Waals surface area contributed by atoms with Gasteiger partial charge in [-0.3, -0.25) is 0 Å². The van der Waals surface area contributed by atoms with Crippen LogP contribution in [0.25, 0.3) is 52.9 Å². The molecule has 0 aliphatic carbocycles. The monoisotopic (exact) mass is 1020 g/mol. The molecule has 0 fully saturated rings. The molecule has 72 heavy (non-hydrogen) atoms. The third-order valence-electron chi connectivity index (χ3n) is 12.9. The zero-order valence-electron chi connectivity index (χ0n) is 42.2. The molecule has 0 radical (unpaired) electrons. The highest BCUT2D eigenvalue weighted by atomic mass is 32.1. The molecular formula is C62H56N2O4S4. The Hall–Kier alpha value is -7.08. The minimum absolute atomic E-state index is 0.902. The second-order valence-corrected chi connectivity index (χ2v) is 22.9. The first-order valence-corrected chi connectivity index (χ1v) is 27.0. The lowest BCUT2D eigenvalue weighted by Gasteiger charge is -2.28. The van der Waals surface area contributed by atoms with Crippen LogP contribution in [0.3, 0.4) is 0 Å². The van der Waals surface area contributed by atoms with E-state index in [9.17, 15) is 0 Å². The number of ether oxygens (including phenoxy) is 4. The first-order valence-electron chi connectivity index (χ1n) is 23.7. The van der Waals surface area contributed by atoms with E-state index in [0.717, 1.165) is 98.9 Å². The van der Waals surface area contributed by atoms with Crippen LogP contribution in [-0.4, -0.2) is 28.4 Å². The van der Waals surface area contributed by atoms with Gasteiger partial charge in [0, 0.05) is 53.6 Å². The van der Waals surface area contributed by atoms with E-state index in [1.165, 1.54) is 41.8 Å². The summed E-state index contributed by atoms with van der Waals surface area (Å²) in [6, 6.07) is 57.4. The van der Waals surface area contributed by atoms with E-state index in [1.54, 1.807) is 73.8 Å². The Balaban J connectivity index is 1.01. The van der Waals surface area contributed by atoms with Crippen LogP contribution in [0.15, 0.2) is 158 Å². The van der Waals surface area contributed by atoms with Crippen molar-refractivity contribution in [1.29, 1.82) is 0 Å². The largest absolute Gasteiger partial charge is 0.495 e. The fourth-order valence-electron chi connectivity index (χ4n) is 9.50. The highest BCUT2D eigenvalue weighted by Gasteiger charge is 2.21. The van der Waals surface area contributed by atoms with Crippen molar-refractivity contribution in [2.45, 2.75) is 41.5 Å². The first kappa shape index (κ1) is 48.5. The van der Waals surface area contributed by atoms with Gasteiger partial charge in [0.05, 0.1) is 47.9 Å². The molecule has 0 spiro atoms. The highest BCUT2D eigenvalue weighted by molar-refractivity contribution is 7.16. The first-order chi connectivity index (χ1) is 34.9. The second kappa shape index (κ2) is 20.6. The smallest absolute Gasteiger partial charge is 0.137 e. The van der Waals surface area contributed by atoms with E-state index in [1.807, 2.05) is 0 Å². The molecule has 0 aliphatic rings. The van der Waals surface area contributed by atoms with Crippen LogP contribution in [0.1, 0.15) is 30.6 Å². The van der Waals surface area contributed by atoms with E-state index >= 15 is 0 Å². The molecule has 0 unspecified atom stereocenters. The summed E-state index contributed by atoms with van der Waals surface area (Å²) in [5.74, 6) is 3.61. The predicted molar refractivity (Wildman–Crippen MR) is 309 cm³/mol. The maximum absolute atomic E-state index is 5.76. The summed E-state index contributed by atoms with van der Waals surface area (Å²) < 4.78 is 23.1. The number of hydrogen-bond donors (Lipinski definition) is 0. The Bertz CT molecular complexity index is 3110. The van der Waals surface area contributed by atoms with Crippen molar-refractivity contribution >= 4 is 79.5 Å². The minimum Gasteiger partial charge on any atom is -0.495 e. The topological polar surface area (TPSA) is 43.4 Å². The average molecular weight is 1020 g/mol. The normalized spacial score (nSPS) is 11.2. The van der Waals surface area contributed by atoms with E-state index in [2.05, 4.69) is 209 Å². The van der Waals surface area contributed by atoms with Crippen molar-refractivity contribution < 1.29 is 18.9 Å². The van der Waals surface area contributed by atoms with Crippen molar-refractivity contribution in [3.05, 3.63) is 188 Å². The summed E-state index contributed by atoms with van der Waals surface area (Å²) in [5, 5.41) is 0. The highest BCUT2D eigenvalue weighted by Crippen LogP contribution is 2.46. The third kappa shape index (κ3) is 9.55. The van der Waals surface area contributed by atoms with Crippen LogP contribution in [0.4, 0.5) is 34.1 Å². The second-order valence-electron chi connectivity index (χ2n) is 17.9. The van der Waals surface area contributed by atoms with Gasteiger partial charge in [0.15, 0.2) is 0 Å². The van der Waals surface area contributed by atoms with Gasteiger partial charge < -0.3 is 28.7 Å². The SMILES string of the molecule is COc1cc(C)sc1-c1ccc(N(c2ccc(-c3sc(C)cc3OC)cc2)c2ccc(-c3ccc(N(c4ccc(-c5sc(C)cc5OC)cc4)c4ccc(-c5sc(C)cc5OC)cc4)cc3C)c(C)c2)cc1. The van der Waals surface area contributed by atoms with E-state index in [0.29, 0.717) is 0 Å². The van der Waals surface area contributed by atoms with Gasteiger partial charge in [0.2, 0.25) is 0 Å². The van der Waals surface area contributed by atoms with Crippen LogP contribution in [-0.2, 0) is 0 Å². The molecule has 0 saturated carbocycles. The summed E-state index contributed by atoms with van der Waals surface area (Å²) in [6.45, 7) is 12.9. The maximum atomic E-state index is 5.76. The number of rotatable bonds is 15. The van der Waals surface area contributed by atoms with Crippen molar-refractivity contribution in [2.75, 3.05) is 38.2 Å². The van der Waals surface area contributed by atoms with Gasteiger partial charge in [-0.05, 0) is 183 Å². The number of benzene rings is 6. The molecule has 362 valence electrons. The maximum Gasteiger partial charge on any atom is 0.137 e. The zero-order valence-corrected chi connectivity index (χ0v) is 45.4. The predicted octanol–water partition coefficient (Wildman–Crippen LogP) is 19.1. The van der Waals surface area contributed by atoms with E-state index in [-0.39, 0.29) is 0 Å². The molecule has 0 N–H and O–H groups in total. The summed E-state index contributed by atoms with van der Waals surface area (Å²) in [4.78, 5) is 14.1. The average Bonchev–Trinajstić information content (AvgIpc) is 4.19. The van der Waals surface area contributed by atoms with Crippen LogP contribution < -0.4 is 28.7 Å². The van der Waals surface area contributed by atoms with Crippen LogP contribution >= 0.6 is 45.3 Å². The standard InChI is InChI=1S/C62H56N2O4S4/c1-37-31-51(63(47-19-11-43(12-20-47)59-55(65-7)33-39(3)69-59)48-21-13-44(14-22-48)60-56(66-8)34-40(4)70-60)27-29-53(37)54-30-28-52(32-38(54)2)64(49-23-15-45(16-24-49)61-57(67-9)35-41(5)71-61)50-25-17-46(18-26-50)62-58(68-10)36-42(6)72-62/h11-36H,1-10H3. The number of nitrogens with zero attached hydrogens (tertiary/aromatic N) is 2. The lowest BCUT2D eigenvalue weighted by Crippen LogP contribution is -2.11. The van der Waals surface area contributed by atoms with Crippen molar-refractivity contribution in [3.63, 3.8) is 0 Å². The van der Waals surface area contributed by atoms with Crippen molar-refractivity contribution in [3.8, 4) is 75.9 Å². The quantitative estimate of drug-likeness (QED) is 0.102. The van der Waals surface area contributed by atoms with E-state index in [4.69, 9.17) is 18.9 Å². The fraction of sp³-hybridized carbons (Fsp3) is 0.161. The number of methoxy groups -OCH3 is 4. The molecule has 0 atom stereocenters. The molecule has 10 heteroatoms. The van der Waals surface area contributed by atoms with Crippen molar-refractivity contribution in [1.82, 2.24) is 0 Å². The molecule has 0 saturated heterocycles. The summed E-state index contributed by atoms with van der Waals surface area (Å²) in [7, 11) is 6.96. The lowest BCUT2D eigenvalue weighted by molar-refractivity contribution is 0.418. The Morgan fingerprint density at radius 2 is 0.500 bits per heavy atom. The number of aryl methyl sites for hydroxylation is 6. The summed E-state index contributed by atoms with van der Waals surface area (Å²) in [6.07, 6.45) is 0. The number of hydrogen-bond acceptors (Lipinski definition) is 10. The Kier molecular flexibility index (Phi) is 13.9. The molecule has 6 aromatic carbocycles. The van der Waals surface area contributed by atoms with Gasteiger partial charge in [-0.1, -0.05) is 60.7 Å². The minimum atomic E-state index is 0.902. The molecule has 4 aromatic heterocycles. The van der Waals surface area contributed by atoms with Gasteiger partial charge in [0.1, 0.15) is 23.0 Å². The fourth-order valence-corrected chi connectivity index (χ4v) is 13.4. The van der Waals surface area contributed by atoms with Crippen LogP contribution in [0, 0.1) is 41.5 Å². The van der Waals surface area contributed by atoms with E-state index < -0.39 is 0 Å². The molecule has 4 heterocycles. The molecule has 10 aromatic rings.